The lowest BCUT2D eigenvalue weighted by Gasteiger charge is -2.36. The van der Waals surface area contributed by atoms with E-state index < -0.39 is 0 Å². The maximum atomic E-state index is 12.6. The molecule has 1 aromatic heterocycles. The van der Waals surface area contributed by atoms with Crippen molar-refractivity contribution in [2.24, 2.45) is 0 Å². The third-order valence-electron chi connectivity index (χ3n) is 5.84. The summed E-state index contributed by atoms with van der Waals surface area (Å²) in [5.74, 6) is 3.06. The fraction of sp³-hybridized carbons (Fsp3) is 0.500. The number of aromatic nitrogens is 2. The third-order valence-corrected chi connectivity index (χ3v) is 6.37. The van der Waals surface area contributed by atoms with Gasteiger partial charge >= 0.3 is 0 Å². The fourth-order valence-corrected chi connectivity index (χ4v) is 4.37. The van der Waals surface area contributed by atoms with Crippen LogP contribution in [0.3, 0.4) is 0 Å². The van der Waals surface area contributed by atoms with Gasteiger partial charge in [0.15, 0.2) is 6.61 Å². The molecule has 10 heteroatoms. The maximum absolute atomic E-state index is 12.6. The SMILES string of the molecule is Cc1nc(N2CCN(C)CC2)cc(N2CCN(C(=O)COc3ccc(Cl)cc3Cl)CC2)n1. The van der Waals surface area contributed by atoms with Crippen LogP contribution < -0.4 is 14.5 Å². The predicted octanol–water partition coefficient (Wildman–Crippen LogP) is 2.57. The molecule has 32 heavy (non-hydrogen) atoms. The summed E-state index contributed by atoms with van der Waals surface area (Å²) in [4.78, 5) is 30.6. The van der Waals surface area contributed by atoms with Gasteiger partial charge in [0.1, 0.15) is 23.2 Å². The number of benzene rings is 1. The lowest BCUT2D eigenvalue weighted by Crippen LogP contribution is -2.50. The Labute approximate surface area is 198 Å². The molecule has 1 amide bonds. The molecule has 2 fully saturated rings. The first-order chi connectivity index (χ1) is 15.4. The maximum Gasteiger partial charge on any atom is 0.260 e. The number of hydrogen-bond donors (Lipinski definition) is 0. The average Bonchev–Trinajstić information content (AvgIpc) is 2.78. The molecule has 0 atom stereocenters. The molecule has 0 aliphatic carbocycles. The quantitative estimate of drug-likeness (QED) is 0.653. The molecule has 0 unspecified atom stereocenters. The lowest BCUT2D eigenvalue weighted by atomic mass is 10.3. The highest BCUT2D eigenvalue weighted by Crippen LogP contribution is 2.27. The van der Waals surface area contributed by atoms with Crippen LogP contribution in [0, 0.1) is 6.92 Å². The Morgan fingerprint density at radius 2 is 1.53 bits per heavy atom. The molecule has 0 radical (unpaired) electrons. The number of halogens is 2. The summed E-state index contributed by atoms with van der Waals surface area (Å²) in [7, 11) is 2.14. The standard InChI is InChI=1S/C22H28Cl2N6O2/c1-16-25-20(28-7-5-27(2)6-8-28)14-21(26-16)29-9-11-30(12-10-29)22(31)15-32-19-4-3-17(23)13-18(19)24/h3-4,13-14H,5-12,15H2,1-2H3. The first-order valence-corrected chi connectivity index (χ1v) is 11.5. The van der Waals surface area contributed by atoms with Crippen molar-refractivity contribution in [2.45, 2.75) is 6.92 Å². The Balaban J connectivity index is 1.32. The zero-order valence-electron chi connectivity index (χ0n) is 18.4. The molecule has 0 bridgehead atoms. The van der Waals surface area contributed by atoms with E-state index in [2.05, 4.69) is 37.8 Å². The van der Waals surface area contributed by atoms with E-state index in [1.54, 1.807) is 18.2 Å². The fourth-order valence-electron chi connectivity index (χ4n) is 3.90. The number of carbonyl (C=O) groups excluding carboxylic acids is 1. The van der Waals surface area contributed by atoms with Gasteiger partial charge in [0.25, 0.3) is 5.91 Å². The molecule has 2 aromatic rings. The number of anilines is 2. The van der Waals surface area contributed by atoms with Crippen molar-refractivity contribution in [3.8, 4) is 5.75 Å². The van der Waals surface area contributed by atoms with E-state index in [0.717, 1.165) is 43.6 Å². The van der Waals surface area contributed by atoms with E-state index in [9.17, 15) is 4.79 Å². The molecule has 0 N–H and O–H groups in total. The van der Waals surface area contributed by atoms with Crippen molar-refractivity contribution in [1.82, 2.24) is 19.8 Å². The van der Waals surface area contributed by atoms with Crippen LogP contribution in [0.2, 0.25) is 10.0 Å². The van der Waals surface area contributed by atoms with E-state index in [1.165, 1.54) is 0 Å². The predicted molar refractivity (Wildman–Crippen MR) is 127 cm³/mol. The van der Waals surface area contributed by atoms with E-state index in [-0.39, 0.29) is 12.5 Å². The van der Waals surface area contributed by atoms with E-state index in [4.69, 9.17) is 27.9 Å². The molecular weight excluding hydrogens is 451 g/mol. The van der Waals surface area contributed by atoms with Crippen LogP contribution in [0.5, 0.6) is 5.75 Å². The van der Waals surface area contributed by atoms with Crippen molar-refractivity contribution >= 4 is 40.7 Å². The Bertz CT molecular complexity index is 959. The second kappa shape index (κ2) is 10.1. The topological polar surface area (TPSA) is 65.0 Å². The van der Waals surface area contributed by atoms with Gasteiger partial charge < -0.3 is 24.3 Å². The molecule has 1 aromatic carbocycles. The van der Waals surface area contributed by atoms with Crippen molar-refractivity contribution in [2.75, 3.05) is 75.8 Å². The Kier molecular flexibility index (Phi) is 7.23. The second-order valence-electron chi connectivity index (χ2n) is 8.15. The van der Waals surface area contributed by atoms with Crippen LogP contribution in [0.1, 0.15) is 5.82 Å². The second-order valence-corrected chi connectivity index (χ2v) is 9.00. The van der Waals surface area contributed by atoms with Gasteiger partial charge in [-0.1, -0.05) is 23.2 Å². The highest BCUT2D eigenvalue weighted by atomic mass is 35.5. The smallest absolute Gasteiger partial charge is 0.260 e. The van der Waals surface area contributed by atoms with E-state index in [0.29, 0.717) is 42.0 Å². The number of nitrogens with zero attached hydrogens (tertiary/aromatic N) is 6. The molecule has 0 spiro atoms. The number of carbonyl (C=O) groups is 1. The van der Waals surface area contributed by atoms with Gasteiger partial charge in [-0.3, -0.25) is 4.79 Å². The van der Waals surface area contributed by atoms with E-state index in [1.807, 2.05) is 11.8 Å². The number of hydrogen-bond acceptors (Lipinski definition) is 7. The Hall–Kier alpha value is -2.29. The van der Waals surface area contributed by atoms with Gasteiger partial charge in [-0.05, 0) is 32.2 Å². The summed E-state index contributed by atoms with van der Waals surface area (Å²) in [6, 6.07) is 7.03. The molecule has 2 saturated heterocycles. The van der Waals surface area contributed by atoms with Crippen LogP contribution in [0.15, 0.2) is 24.3 Å². The molecule has 172 valence electrons. The summed E-state index contributed by atoms with van der Waals surface area (Å²) >= 11 is 12.0. The normalized spacial score (nSPS) is 17.6. The minimum atomic E-state index is -0.0624. The highest BCUT2D eigenvalue weighted by Gasteiger charge is 2.24. The molecule has 2 aliphatic heterocycles. The monoisotopic (exact) mass is 478 g/mol. The largest absolute Gasteiger partial charge is 0.482 e. The van der Waals surface area contributed by atoms with Crippen LogP contribution >= 0.6 is 23.2 Å². The number of amides is 1. The van der Waals surface area contributed by atoms with Gasteiger partial charge in [0, 0.05) is 63.4 Å². The summed E-state index contributed by atoms with van der Waals surface area (Å²) in [5, 5.41) is 0.922. The van der Waals surface area contributed by atoms with Crippen LogP contribution in [0.4, 0.5) is 11.6 Å². The van der Waals surface area contributed by atoms with Crippen LogP contribution in [-0.2, 0) is 4.79 Å². The van der Waals surface area contributed by atoms with Crippen LogP contribution in [0.25, 0.3) is 0 Å². The molecule has 3 heterocycles. The summed E-state index contributed by atoms with van der Waals surface area (Å²) in [6.45, 7) is 8.53. The zero-order chi connectivity index (χ0) is 22.7. The van der Waals surface area contributed by atoms with Gasteiger partial charge in [0.2, 0.25) is 0 Å². The Morgan fingerprint density at radius 3 is 2.12 bits per heavy atom. The van der Waals surface area contributed by atoms with Gasteiger partial charge in [0.05, 0.1) is 5.02 Å². The third kappa shape index (κ3) is 5.54. The van der Waals surface area contributed by atoms with E-state index >= 15 is 0 Å². The summed E-state index contributed by atoms with van der Waals surface area (Å²) < 4.78 is 5.60. The molecule has 0 saturated carbocycles. The average molecular weight is 479 g/mol. The first kappa shape index (κ1) is 22.9. The number of likely N-dealkylation sites (N-methyl/N-ethyl adjacent to an activating group) is 1. The van der Waals surface area contributed by atoms with Gasteiger partial charge in [-0.25, -0.2) is 9.97 Å². The number of ether oxygens (including phenoxy) is 1. The number of aryl methyl sites for hydroxylation is 1. The zero-order valence-corrected chi connectivity index (χ0v) is 19.9. The highest BCUT2D eigenvalue weighted by molar-refractivity contribution is 6.35. The minimum Gasteiger partial charge on any atom is -0.482 e. The van der Waals surface area contributed by atoms with Crippen molar-refractivity contribution in [3.05, 3.63) is 40.1 Å². The summed E-state index contributed by atoms with van der Waals surface area (Å²) in [6.07, 6.45) is 0. The van der Waals surface area contributed by atoms with Crippen molar-refractivity contribution in [3.63, 3.8) is 0 Å². The van der Waals surface area contributed by atoms with Crippen LogP contribution in [-0.4, -0.2) is 91.7 Å². The van der Waals surface area contributed by atoms with Gasteiger partial charge in [-0.2, -0.15) is 0 Å². The van der Waals surface area contributed by atoms with Gasteiger partial charge in [-0.15, -0.1) is 0 Å². The van der Waals surface area contributed by atoms with Crippen molar-refractivity contribution in [1.29, 1.82) is 0 Å². The summed E-state index contributed by atoms with van der Waals surface area (Å²) in [5.41, 5.74) is 0. The minimum absolute atomic E-state index is 0.0540. The number of piperazine rings is 2. The molecular formula is C22H28Cl2N6O2. The molecule has 8 nitrogen and oxygen atoms in total. The number of rotatable bonds is 5. The molecule has 4 rings (SSSR count). The molecule has 2 aliphatic rings. The van der Waals surface area contributed by atoms with Crippen molar-refractivity contribution < 1.29 is 9.53 Å². The lowest BCUT2D eigenvalue weighted by molar-refractivity contribution is -0.133. The Morgan fingerprint density at radius 1 is 0.938 bits per heavy atom. The first-order valence-electron chi connectivity index (χ1n) is 10.8.